The number of hydrogen-bond acceptors (Lipinski definition) is 4. The van der Waals surface area contributed by atoms with Crippen molar-refractivity contribution in [2.45, 2.75) is 19.4 Å². The zero-order chi connectivity index (χ0) is 13.1. The second kappa shape index (κ2) is 6.12. The minimum Gasteiger partial charge on any atom is -0.419 e. The highest BCUT2D eigenvalue weighted by molar-refractivity contribution is 14.1. The molecule has 0 bridgehead atoms. The Morgan fingerprint density at radius 2 is 2.22 bits per heavy atom. The SMILES string of the molecule is CCC(NC)c1nnc(-c2cc(Br)ccc2I)o1. The van der Waals surface area contributed by atoms with Crippen LogP contribution in [0.5, 0.6) is 0 Å². The first-order valence-corrected chi connectivity index (χ1v) is 7.49. The van der Waals surface area contributed by atoms with Gasteiger partial charge in [-0.3, -0.25) is 0 Å². The summed E-state index contributed by atoms with van der Waals surface area (Å²) in [6, 6.07) is 6.10. The van der Waals surface area contributed by atoms with E-state index in [-0.39, 0.29) is 6.04 Å². The predicted octanol–water partition coefficient (Wildman–Crippen LogP) is 3.77. The quantitative estimate of drug-likeness (QED) is 0.763. The van der Waals surface area contributed by atoms with E-state index in [0.717, 1.165) is 20.0 Å². The molecule has 1 aromatic carbocycles. The molecule has 0 saturated heterocycles. The third-order valence-corrected chi connectivity index (χ3v) is 4.09. The van der Waals surface area contributed by atoms with Crippen molar-refractivity contribution in [3.63, 3.8) is 0 Å². The van der Waals surface area contributed by atoms with Crippen LogP contribution in [0.1, 0.15) is 25.3 Å². The monoisotopic (exact) mass is 421 g/mol. The van der Waals surface area contributed by atoms with Crippen molar-refractivity contribution in [1.82, 2.24) is 15.5 Å². The van der Waals surface area contributed by atoms with Crippen molar-refractivity contribution in [2.75, 3.05) is 7.05 Å². The van der Waals surface area contributed by atoms with Gasteiger partial charge in [0.15, 0.2) is 0 Å². The summed E-state index contributed by atoms with van der Waals surface area (Å²) in [6.45, 7) is 2.08. The van der Waals surface area contributed by atoms with Crippen LogP contribution in [0, 0.1) is 3.57 Å². The summed E-state index contributed by atoms with van der Waals surface area (Å²) in [4.78, 5) is 0. The van der Waals surface area contributed by atoms with Gasteiger partial charge in [0.1, 0.15) is 0 Å². The van der Waals surface area contributed by atoms with Crippen LogP contribution in [0.25, 0.3) is 11.5 Å². The summed E-state index contributed by atoms with van der Waals surface area (Å²) < 4.78 is 7.82. The zero-order valence-electron chi connectivity index (χ0n) is 10.1. The lowest BCUT2D eigenvalue weighted by Crippen LogP contribution is -2.15. The van der Waals surface area contributed by atoms with Crippen molar-refractivity contribution < 1.29 is 4.42 Å². The van der Waals surface area contributed by atoms with Crippen LogP contribution in [0.2, 0.25) is 0 Å². The summed E-state index contributed by atoms with van der Waals surface area (Å²) in [5.41, 5.74) is 0.953. The standard InChI is InChI=1S/C12H13BrIN3O/c1-3-10(15-2)12-17-16-11(18-12)8-6-7(13)4-5-9(8)14/h4-6,10,15H,3H2,1-2H3. The molecule has 1 atom stereocenters. The Morgan fingerprint density at radius 1 is 1.44 bits per heavy atom. The van der Waals surface area contributed by atoms with Crippen LogP contribution in [0.15, 0.2) is 27.1 Å². The van der Waals surface area contributed by atoms with E-state index in [9.17, 15) is 0 Å². The molecule has 0 aliphatic carbocycles. The molecule has 2 aromatic rings. The molecule has 0 amide bonds. The van der Waals surface area contributed by atoms with Gasteiger partial charge in [0.25, 0.3) is 0 Å². The van der Waals surface area contributed by atoms with Crippen molar-refractivity contribution in [3.8, 4) is 11.5 Å². The highest BCUT2D eigenvalue weighted by Gasteiger charge is 2.17. The summed E-state index contributed by atoms with van der Waals surface area (Å²) in [6.07, 6.45) is 0.910. The molecule has 6 heteroatoms. The Labute approximate surface area is 128 Å². The van der Waals surface area contributed by atoms with E-state index in [1.165, 1.54) is 0 Å². The molecule has 0 radical (unpaired) electrons. The Balaban J connectivity index is 2.37. The van der Waals surface area contributed by atoms with E-state index < -0.39 is 0 Å². The lowest BCUT2D eigenvalue weighted by atomic mass is 10.2. The second-order valence-corrected chi connectivity index (χ2v) is 5.90. The van der Waals surface area contributed by atoms with Gasteiger partial charge in [0, 0.05) is 8.04 Å². The van der Waals surface area contributed by atoms with Gasteiger partial charge >= 0.3 is 0 Å². The van der Waals surface area contributed by atoms with Gasteiger partial charge in [-0.2, -0.15) is 0 Å². The first-order chi connectivity index (χ1) is 8.65. The Hall–Kier alpha value is -0.470. The van der Waals surface area contributed by atoms with Crippen molar-refractivity contribution in [2.24, 2.45) is 0 Å². The summed E-state index contributed by atoms with van der Waals surface area (Å²) >= 11 is 5.71. The number of halogens is 2. The van der Waals surface area contributed by atoms with E-state index in [0.29, 0.717) is 11.8 Å². The molecule has 0 aliphatic heterocycles. The van der Waals surface area contributed by atoms with Gasteiger partial charge < -0.3 is 9.73 Å². The lowest BCUT2D eigenvalue weighted by molar-refractivity contribution is 0.415. The smallest absolute Gasteiger partial charge is 0.248 e. The number of hydrogen-bond donors (Lipinski definition) is 1. The summed E-state index contributed by atoms with van der Waals surface area (Å²) in [5, 5.41) is 11.4. The first kappa shape index (κ1) is 14.0. The van der Waals surface area contributed by atoms with Crippen molar-refractivity contribution >= 4 is 38.5 Å². The molecule has 1 N–H and O–H groups in total. The molecule has 1 aromatic heterocycles. The van der Waals surface area contributed by atoms with Gasteiger partial charge in [-0.25, -0.2) is 0 Å². The van der Waals surface area contributed by atoms with E-state index in [1.807, 2.05) is 25.2 Å². The molecule has 0 aliphatic rings. The minimum absolute atomic E-state index is 0.107. The van der Waals surface area contributed by atoms with Crippen LogP contribution in [0.4, 0.5) is 0 Å². The molecule has 1 unspecified atom stereocenters. The van der Waals surface area contributed by atoms with E-state index in [4.69, 9.17) is 4.42 Å². The van der Waals surface area contributed by atoms with E-state index in [1.54, 1.807) is 0 Å². The average molecular weight is 422 g/mol. The van der Waals surface area contributed by atoms with Crippen LogP contribution in [-0.4, -0.2) is 17.2 Å². The number of nitrogens with one attached hydrogen (secondary N) is 1. The fourth-order valence-electron chi connectivity index (χ4n) is 1.65. The molecule has 96 valence electrons. The maximum atomic E-state index is 5.74. The highest BCUT2D eigenvalue weighted by Crippen LogP contribution is 2.28. The Kier molecular flexibility index (Phi) is 4.74. The van der Waals surface area contributed by atoms with E-state index in [2.05, 4.69) is 61.0 Å². The van der Waals surface area contributed by atoms with Crippen molar-refractivity contribution in [3.05, 3.63) is 32.1 Å². The molecule has 1 heterocycles. The van der Waals surface area contributed by atoms with Gasteiger partial charge in [0.05, 0.1) is 11.6 Å². The average Bonchev–Trinajstić information content (AvgIpc) is 2.83. The molecule has 18 heavy (non-hydrogen) atoms. The lowest BCUT2D eigenvalue weighted by Gasteiger charge is -2.07. The predicted molar refractivity (Wildman–Crippen MR) is 82.2 cm³/mol. The Bertz CT molecular complexity index is 540. The molecule has 0 spiro atoms. The van der Waals surface area contributed by atoms with Crippen LogP contribution < -0.4 is 5.32 Å². The zero-order valence-corrected chi connectivity index (χ0v) is 13.8. The third kappa shape index (κ3) is 2.92. The molecule has 2 rings (SSSR count). The van der Waals surface area contributed by atoms with Gasteiger partial charge in [-0.1, -0.05) is 22.9 Å². The number of nitrogens with zero attached hydrogens (tertiary/aromatic N) is 2. The summed E-state index contributed by atoms with van der Waals surface area (Å²) in [7, 11) is 1.89. The molecule has 4 nitrogen and oxygen atoms in total. The van der Waals surface area contributed by atoms with Crippen LogP contribution in [-0.2, 0) is 0 Å². The number of aromatic nitrogens is 2. The minimum atomic E-state index is 0.107. The highest BCUT2D eigenvalue weighted by atomic mass is 127. The van der Waals surface area contributed by atoms with Crippen molar-refractivity contribution in [1.29, 1.82) is 0 Å². The van der Waals surface area contributed by atoms with E-state index >= 15 is 0 Å². The molecule has 0 saturated carbocycles. The summed E-state index contributed by atoms with van der Waals surface area (Å²) in [5.74, 6) is 1.19. The maximum absolute atomic E-state index is 5.74. The van der Waals surface area contributed by atoms with Crippen LogP contribution in [0.3, 0.4) is 0 Å². The van der Waals surface area contributed by atoms with Crippen LogP contribution >= 0.6 is 38.5 Å². The fraction of sp³-hybridized carbons (Fsp3) is 0.333. The fourth-order valence-corrected chi connectivity index (χ4v) is 2.58. The third-order valence-electron chi connectivity index (χ3n) is 2.65. The molecular formula is C12H13BrIN3O. The number of rotatable bonds is 4. The molecular weight excluding hydrogens is 409 g/mol. The van der Waals surface area contributed by atoms with Gasteiger partial charge in [-0.05, 0) is 54.3 Å². The molecule has 0 fully saturated rings. The van der Waals surface area contributed by atoms with Gasteiger partial charge in [-0.15, -0.1) is 10.2 Å². The normalized spacial score (nSPS) is 12.7. The number of benzene rings is 1. The largest absolute Gasteiger partial charge is 0.419 e. The Morgan fingerprint density at radius 3 is 2.89 bits per heavy atom. The first-order valence-electron chi connectivity index (χ1n) is 5.61. The second-order valence-electron chi connectivity index (χ2n) is 3.82. The maximum Gasteiger partial charge on any atom is 0.248 e. The topological polar surface area (TPSA) is 51.0 Å². The van der Waals surface area contributed by atoms with Gasteiger partial charge in [0.2, 0.25) is 11.8 Å².